The van der Waals surface area contributed by atoms with Gasteiger partial charge in [-0.05, 0) is 0 Å². The van der Waals surface area contributed by atoms with E-state index in [4.69, 9.17) is 0 Å². The maximum absolute atomic E-state index is 9.53. The van der Waals surface area contributed by atoms with Crippen LogP contribution >= 0.6 is 0 Å². The third-order valence-corrected chi connectivity index (χ3v) is 12.5. The summed E-state index contributed by atoms with van der Waals surface area (Å²) in [6.07, 6.45) is 5.77. The van der Waals surface area contributed by atoms with Gasteiger partial charge in [0.1, 0.15) is 0 Å². The van der Waals surface area contributed by atoms with Crippen molar-refractivity contribution in [3.8, 4) is 0 Å². The topological polar surface area (TPSA) is 46.1 Å². The number of allylic oxidation sites excluding steroid dienone is 8. The molecule has 184 valence electrons. The molecule has 3 unspecified atom stereocenters. The van der Waals surface area contributed by atoms with Gasteiger partial charge in [0, 0.05) is 0 Å². The molecule has 3 aliphatic carbocycles. The molecule has 0 bridgehead atoms. The maximum atomic E-state index is 9.53. The molecule has 2 nitrogen and oxygen atoms in total. The van der Waals surface area contributed by atoms with Gasteiger partial charge in [-0.2, -0.15) is 0 Å². The summed E-state index contributed by atoms with van der Waals surface area (Å²) in [5, 5.41) is 19.1. The van der Waals surface area contributed by atoms with E-state index in [2.05, 4.69) is 71.0 Å². The Labute approximate surface area is 220 Å². The van der Waals surface area contributed by atoms with Crippen molar-refractivity contribution in [2.75, 3.05) is 0 Å². The van der Waals surface area contributed by atoms with Crippen LogP contribution in [0.4, 0.5) is 0 Å². The van der Waals surface area contributed by atoms with Gasteiger partial charge in [0.25, 0.3) is 0 Å². The summed E-state index contributed by atoms with van der Waals surface area (Å²) in [7, 11) is 0. The molecule has 0 N–H and O–H groups in total. The molecular formula is C31H44O2Zr. The predicted octanol–water partition coefficient (Wildman–Crippen LogP) is 6.85. The van der Waals surface area contributed by atoms with Gasteiger partial charge < -0.3 is 10.2 Å². The summed E-state index contributed by atoms with van der Waals surface area (Å²) in [5.41, 5.74) is 11.5. The van der Waals surface area contributed by atoms with Gasteiger partial charge in [-0.1, -0.05) is 27.7 Å². The first-order valence-corrected chi connectivity index (χ1v) is 15.5. The summed E-state index contributed by atoms with van der Waals surface area (Å²) in [4.78, 5) is 0. The molecule has 0 aliphatic heterocycles. The van der Waals surface area contributed by atoms with Crippen molar-refractivity contribution >= 4 is 0 Å². The van der Waals surface area contributed by atoms with E-state index in [9.17, 15) is 10.2 Å². The van der Waals surface area contributed by atoms with Crippen LogP contribution in [-0.2, 0) is 23.2 Å². The van der Waals surface area contributed by atoms with Gasteiger partial charge >= 0.3 is 171 Å². The van der Waals surface area contributed by atoms with Gasteiger partial charge in [0.05, 0.1) is 0 Å². The van der Waals surface area contributed by atoms with E-state index in [-0.39, 0.29) is 0 Å². The minimum atomic E-state index is -0.640. The van der Waals surface area contributed by atoms with E-state index < -0.39 is 35.4 Å². The van der Waals surface area contributed by atoms with Crippen molar-refractivity contribution in [2.45, 2.75) is 103 Å². The van der Waals surface area contributed by atoms with Crippen LogP contribution in [0, 0.1) is 5.92 Å². The Bertz CT molecular complexity index is 935. The average molecular weight is 540 g/mol. The van der Waals surface area contributed by atoms with Gasteiger partial charge in [0.15, 0.2) is 0 Å². The van der Waals surface area contributed by atoms with Crippen molar-refractivity contribution in [2.24, 2.45) is 5.92 Å². The zero-order valence-electron chi connectivity index (χ0n) is 22.8. The quantitative estimate of drug-likeness (QED) is 0.422. The van der Waals surface area contributed by atoms with Gasteiger partial charge in [-0.15, -0.1) is 12.2 Å². The van der Waals surface area contributed by atoms with Crippen molar-refractivity contribution in [1.29, 1.82) is 0 Å². The fraction of sp³-hybridized carbons (Fsp3) is 0.548. The van der Waals surface area contributed by atoms with Gasteiger partial charge in [0.2, 0.25) is 0 Å². The van der Waals surface area contributed by atoms with Crippen molar-refractivity contribution in [3.63, 3.8) is 0 Å². The third-order valence-electron chi connectivity index (χ3n) is 7.01. The second kappa shape index (κ2) is 13.3. The number of hydrogen-bond donors (Lipinski definition) is 0. The zero-order valence-corrected chi connectivity index (χ0v) is 25.2. The molecular weight excluding hydrogens is 496 g/mol. The van der Waals surface area contributed by atoms with Crippen molar-refractivity contribution in [1.82, 2.24) is 0 Å². The molecule has 0 saturated carbocycles. The Morgan fingerprint density at radius 1 is 0.882 bits per heavy atom. The van der Waals surface area contributed by atoms with E-state index in [1.807, 2.05) is 8.85 Å². The predicted molar refractivity (Wildman–Crippen MR) is 138 cm³/mol. The fourth-order valence-corrected chi connectivity index (χ4v) is 9.97. The van der Waals surface area contributed by atoms with Gasteiger partial charge in [-0.3, -0.25) is 0 Å². The van der Waals surface area contributed by atoms with Crippen LogP contribution in [0.1, 0.15) is 93.1 Å². The monoisotopic (exact) mass is 538 g/mol. The number of hydrogen-bond acceptors (Lipinski definition) is 2. The molecule has 3 heteroatoms. The molecule has 1 aromatic rings. The van der Waals surface area contributed by atoms with Crippen LogP contribution in [0.5, 0.6) is 0 Å². The number of rotatable bonds is 3. The molecule has 0 heterocycles. The second-order valence-electron chi connectivity index (χ2n) is 10.5. The standard InChI is InChI=1S/C16H17.C9H13.2C3H7O.Zr/c1-12-10-14-8-5-9-15(16(14)11-12)13-6-3-2-4-7-13;1-6-5-7(2)9(4)8(6)3;2*1-3(2)4;/h2-4,6-7,10-11,15H,5,8-9H2,1H3;6H,1-4H3;2*3H,1-2H3;/q;;2*-1;+2. The summed E-state index contributed by atoms with van der Waals surface area (Å²) in [6.45, 7) is 18.4. The van der Waals surface area contributed by atoms with E-state index >= 15 is 0 Å². The van der Waals surface area contributed by atoms with E-state index in [1.165, 1.54) is 24.8 Å². The first kappa shape index (κ1) is 29.2. The van der Waals surface area contributed by atoms with Gasteiger partial charge in [-0.25, -0.2) is 0 Å². The third kappa shape index (κ3) is 7.49. The molecule has 0 aromatic heterocycles. The Kier molecular flexibility index (Phi) is 11.5. The summed E-state index contributed by atoms with van der Waals surface area (Å²) < 4.78 is 2.67. The summed E-state index contributed by atoms with van der Waals surface area (Å²) in [6, 6.07) is 11.2. The Morgan fingerprint density at radius 3 is 1.94 bits per heavy atom. The fourth-order valence-electron chi connectivity index (χ4n) is 5.11. The molecule has 0 amide bonds. The molecule has 0 spiro atoms. The second-order valence-corrected chi connectivity index (χ2v) is 13.9. The Balaban J connectivity index is 0.000000446. The van der Waals surface area contributed by atoms with Crippen molar-refractivity contribution in [3.05, 3.63) is 78.7 Å². The molecule has 0 radical (unpaired) electrons. The molecule has 0 fully saturated rings. The summed E-state index contributed by atoms with van der Waals surface area (Å²) >= 11 is -0.640. The SMILES string of the molecule is CC(C)[O-].CC(C)[O-].CC1=CC2=C(CCCC2c2ccccc2)[CH]1[Zr+2][C]1=C(C)C(C)=C(C)C1C. The van der Waals surface area contributed by atoms with Crippen LogP contribution in [-0.4, -0.2) is 12.2 Å². The Morgan fingerprint density at radius 2 is 1.44 bits per heavy atom. The molecule has 1 aromatic carbocycles. The van der Waals surface area contributed by atoms with Crippen LogP contribution in [0.3, 0.4) is 0 Å². The molecule has 34 heavy (non-hydrogen) atoms. The summed E-state index contributed by atoms with van der Waals surface area (Å²) in [5.74, 6) is 1.34. The first-order valence-electron chi connectivity index (χ1n) is 12.9. The normalized spacial score (nSPS) is 23.9. The van der Waals surface area contributed by atoms with Crippen LogP contribution in [0.2, 0.25) is 3.63 Å². The molecule has 3 atom stereocenters. The van der Waals surface area contributed by atoms with Crippen LogP contribution in [0.25, 0.3) is 0 Å². The van der Waals surface area contributed by atoms with Crippen LogP contribution < -0.4 is 10.2 Å². The average Bonchev–Trinajstić information content (AvgIpc) is 3.18. The molecule has 0 saturated heterocycles. The molecule has 3 aliphatic rings. The van der Waals surface area contributed by atoms with E-state index in [0.717, 1.165) is 3.63 Å². The van der Waals surface area contributed by atoms with E-state index in [0.29, 0.717) is 11.8 Å². The number of benzene rings is 1. The van der Waals surface area contributed by atoms with Crippen molar-refractivity contribution < 1.29 is 33.4 Å². The Hall–Kier alpha value is -1.02. The van der Waals surface area contributed by atoms with Crippen LogP contribution in [0.15, 0.2) is 73.1 Å². The molecule has 4 rings (SSSR count). The zero-order chi connectivity index (χ0) is 25.6. The van der Waals surface area contributed by atoms with E-state index in [1.54, 1.807) is 55.6 Å². The minimum absolute atomic E-state index is 0.417. The first-order chi connectivity index (χ1) is 16.0.